The van der Waals surface area contributed by atoms with Gasteiger partial charge in [-0.05, 0) is 19.3 Å². The number of ether oxygens (including phenoxy) is 1. The Morgan fingerprint density at radius 3 is 1.94 bits per heavy atom. The highest BCUT2D eigenvalue weighted by atomic mass is 16.5. The van der Waals surface area contributed by atoms with E-state index >= 15 is 0 Å². The Morgan fingerprint density at radius 2 is 1.38 bits per heavy atom. The molecule has 0 saturated heterocycles. The van der Waals surface area contributed by atoms with E-state index in [1.54, 1.807) is 0 Å². The first-order valence-corrected chi connectivity index (χ1v) is 7.46. The van der Waals surface area contributed by atoms with Crippen molar-refractivity contribution < 1.29 is 4.74 Å². The molecule has 0 amide bonds. The molecule has 0 aliphatic rings. The first kappa shape index (κ1) is 16.0. The Balaban J connectivity index is 3.29. The van der Waals surface area contributed by atoms with Gasteiger partial charge in [0.05, 0.1) is 6.10 Å². The van der Waals surface area contributed by atoms with Crippen LogP contribution >= 0.6 is 0 Å². The first-order chi connectivity index (χ1) is 7.85. The maximum absolute atomic E-state index is 5.92. The van der Waals surface area contributed by atoms with Crippen molar-refractivity contribution in [2.24, 2.45) is 0 Å². The van der Waals surface area contributed by atoms with Gasteiger partial charge in [0.15, 0.2) is 0 Å². The molecule has 0 aromatic carbocycles. The lowest BCUT2D eigenvalue weighted by atomic mass is 10.1. The van der Waals surface area contributed by atoms with E-state index in [0.717, 1.165) is 6.61 Å². The quantitative estimate of drug-likeness (QED) is 0.410. The van der Waals surface area contributed by atoms with Crippen molar-refractivity contribution in [3.63, 3.8) is 0 Å². The average Bonchev–Trinajstić information content (AvgIpc) is 2.31. The molecular weight excluding hydrogens is 196 g/mol. The summed E-state index contributed by atoms with van der Waals surface area (Å²) < 4.78 is 5.92. The van der Waals surface area contributed by atoms with Gasteiger partial charge >= 0.3 is 0 Å². The largest absolute Gasteiger partial charge is 0.378 e. The van der Waals surface area contributed by atoms with Crippen molar-refractivity contribution in [1.29, 1.82) is 0 Å². The number of unbranched alkanes of at least 4 members (excludes halogenated alkanes) is 6. The summed E-state index contributed by atoms with van der Waals surface area (Å²) in [7, 11) is 0. The summed E-state index contributed by atoms with van der Waals surface area (Å²) in [5.74, 6) is 0. The molecule has 0 bridgehead atoms. The molecule has 0 aliphatic carbocycles. The Labute approximate surface area is 103 Å². The second-order valence-corrected chi connectivity index (χ2v) is 4.81. The molecule has 0 fully saturated rings. The molecule has 98 valence electrons. The summed E-state index contributed by atoms with van der Waals surface area (Å²) in [6, 6.07) is 0. The molecule has 0 saturated carbocycles. The molecular formula is C15H32O. The molecule has 1 heteroatoms. The van der Waals surface area contributed by atoms with Gasteiger partial charge in [0.1, 0.15) is 0 Å². The Kier molecular flexibility index (Phi) is 13.0. The van der Waals surface area contributed by atoms with Gasteiger partial charge in [0.25, 0.3) is 0 Å². The van der Waals surface area contributed by atoms with Crippen LogP contribution in [0.4, 0.5) is 0 Å². The smallest absolute Gasteiger partial charge is 0.0572 e. The van der Waals surface area contributed by atoms with E-state index in [0.29, 0.717) is 6.10 Å². The van der Waals surface area contributed by atoms with Gasteiger partial charge in [-0.2, -0.15) is 0 Å². The van der Waals surface area contributed by atoms with Gasteiger partial charge < -0.3 is 4.74 Å². The van der Waals surface area contributed by atoms with Gasteiger partial charge in [-0.3, -0.25) is 0 Å². The second-order valence-electron chi connectivity index (χ2n) is 4.81. The van der Waals surface area contributed by atoms with E-state index in [1.807, 2.05) is 0 Å². The standard InChI is InChI=1S/C15H32O/c1-4-7-9-11-13-15(6-3)16-14-12-10-8-5-2/h15H,4-14H2,1-3H3. The molecule has 0 aromatic heterocycles. The minimum atomic E-state index is 0.526. The highest BCUT2D eigenvalue weighted by Gasteiger charge is 2.05. The minimum absolute atomic E-state index is 0.526. The van der Waals surface area contributed by atoms with Crippen LogP contribution < -0.4 is 0 Å². The second kappa shape index (κ2) is 13.0. The first-order valence-electron chi connectivity index (χ1n) is 7.46. The lowest BCUT2D eigenvalue weighted by molar-refractivity contribution is 0.0407. The van der Waals surface area contributed by atoms with Crippen LogP contribution in [0.15, 0.2) is 0 Å². The fourth-order valence-electron chi connectivity index (χ4n) is 1.98. The molecule has 0 aromatic rings. The van der Waals surface area contributed by atoms with Crippen molar-refractivity contribution in [3.05, 3.63) is 0 Å². The zero-order valence-corrected chi connectivity index (χ0v) is 11.8. The maximum Gasteiger partial charge on any atom is 0.0572 e. The third kappa shape index (κ3) is 10.5. The van der Waals surface area contributed by atoms with Crippen molar-refractivity contribution in [3.8, 4) is 0 Å². The van der Waals surface area contributed by atoms with Crippen molar-refractivity contribution in [2.45, 2.75) is 91.1 Å². The Morgan fingerprint density at radius 1 is 0.750 bits per heavy atom. The number of hydrogen-bond donors (Lipinski definition) is 0. The fraction of sp³-hybridized carbons (Fsp3) is 1.00. The Hall–Kier alpha value is -0.0400. The van der Waals surface area contributed by atoms with Gasteiger partial charge in [-0.25, -0.2) is 0 Å². The highest BCUT2D eigenvalue weighted by Crippen LogP contribution is 2.12. The summed E-state index contributed by atoms with van der Waals surface area (Å²) in [4.78, 5) is 0. The third-order valence-electron chi connectivity index (χ3n) is 3.19. The predicted octanol–water partition coefficient (Wildman–Crippen LogP) is 5.33. The molecule has 1 unspecified atom stereocenters. The van der Waals surface area contributed by atoms with Crippen LogP contribution in [0.1, 0.15) is 85.0 Å². The molecule has 0 aliphatic heterocycles. The molecule has 1 nitrogen and oxygen atoms in total. The van der Waals surface area contributed by atoms with Crippen LogP contribution in [0.2, 0.25) is 0 Å². The lowest BCUT2D eigenvalue weighted by Crippen LogP contribution is -2.12. The van der Waals surface area contributed by atoms with E-state index in [4.69, 9.17) is 4.74 Å². The zero-order valence-electron chi connectivity index (χ0n) is 11.8. The van der Waals surface area contributed by atoms with Gasteiger partial charge in [-0.15, -0.1) is 0 Å². The third-order valence-corrected chi connectivity index (χ3v) is 3.19. The monoisotopic (exact) mass is 228 g/mol. The molecule has 16 heavy (non-hydrogen) atoms. The van der Waals surface area contributed by atoms with E-state index < -0.39 is 0 Å². The van der Waals surface area contributed by atoms with Crippen LogP contribution in [-0.2, 0) is 4.74 Å². The van der Waals surface area contributed by atoms with Crippen LogP contribution in [0.3, 0.4) is 0 Å². The topological polar surface area (TPSA) is 9.23 Å². The highest BCUT2D eigenvalue weighted by molar-refractivity contribution is 4.56. The van der Waals surface area contributed by atoms with E-state index in [9.17, 15) is 0 Å². The molecule has 0 heterocycles. The zero-order chi connectivity index (χ0) is 12.1. The minimum Gasteiger partial charge on any atom is -0.378 e. The van der Waals surface area contributed by atoms with Crippen LogP contribution in [0.5, 0.6) is 0 Å². The van der Waals surface area contributed by atoms with Gasteiger partial charge in [0, 0.05) is 6.61 Å². The SMILES string of the molecule is CCCCCCOC(CC)CCCCCC. The van der Waals surface area contributed by atoms with Crippen LogP contribution in [0.25, 0.3) is 0 Å². The molecule has 0 spiro atoms. The summed E-state index contributed by atoms with van der Waals surface area (Å²) >= 11 is 0. The lowest BCUT2D eigenvalue weighted by Gasteiger charge is -2.15. The normalized spacial score (nSPS) is 12.9. The predicted molar refractivity (Wildman–Crippen MR) is 72.9 cm³/mol. The number of rotatable bonds is 12. The summed E-state index contributed by atoms with van der Waals surface area (Å²) in [5, 5.41) is 0. The van der Waals surface area contributed by atoms with E-state index in [1.165, 1.54) is 64.2 Å². The maximum atomic E-state index is 5.92. The molecule has 0 N–H and O–H groups in total. The van der Waals surface area contributed by atoms with Crippen LogP contribution in [0, 0.1) is 0 Å². The van der Waals surface area contributed by atoms with Gasteiger partial charge in [0.2, 0.25) is 0 Å². The molecule has 0 radical (unpaired) electrons. The van der Waals surface area contributed by atoms with Crippen molar-refractivity contribution >= 4 is 0 Å². The summed E-state index contributed by atoms with van der Waals surface area (Å²) in [6.07, 6.45) is 13.7. The number of hydrogen-bond acceptors (Lipinski definition) is 1. The molecule has 1 atom stereocenters. The van der Waals surface area contributed by atoms with Gasteiger partial charge in [-0.1, -0.05) is 65.7 Å². The van der Waals surface area contributed by atoms with E-state index in [-0.39, 0.29) is 0 Å². The Bertz CT molecular complexity index is 123. The van der Waals surface area contributed by atoms with Crippen molar-refractivity contribution in [2.75, 3.05) is 6.61 Å². The van der Waals surface area contributed by atoms with E-state index in [2.05, 4.69) is 20.8 Å². The fourth-order valence-corrected chi connectivity index (χ4v) is 1.98. The average molecular weight is 228 g/mol. The molecule has 0 rings (SSSR count). The summed E-state index contributed by atoms with van der Waals surface area (Å²) in [6.45, 7) is 7.74. The van der Waals surface area contributed by atoms with Crippen molar-refractivity contribution in [1.82, 2.24) is 0 Å². The van der Waals surface area contributed by atoms with Crippen LogP contribution in [-0.4, -0.2) is 12.7 Å². The summed E-state index contributed by atoms with van der Waals surface area (Å²) in [5.41, 5.74) is 0.